The largest absolute Gasteiger partial charge is 0.455 e. The maximum absolute atomic E-state index is 6.53. The summed E-state index contributed by atoms with van der Waals surface area (Å²) in [5, 5.41) is 12.3. The molecule has 260 valence electrons. The molecule has 4 heterocycles. The van der Waals surface area contributed by atoms with Crippen molar-refractivity contribution in [2.45, 2.75) is 0 Å². The normalized spacial score (nSPS) is 12.3. The number of hydrogen-bond acceptors (Lipinski definition) is 2. The van der Waals surface area contributed by atoms with Gasteiger partial charge in [-0.15, -0.1) is 11.3 Å². The van der Waals surface area contributed by atoms with Crippen LogP contribution in [0.2, 0.25) is 0 Å². The maximum Gasteiger partial charge on any atom is 0.143 e. The lowest BCUT2D eigenvalue weighted by Crippen LogP contribution is -1.96. The Bertz CT molecular complexity index is 3770. The molecular weight excluding hydrogens is 701 g/mol. The van der Waals surface area contributed by atoms with E-state index in [2.05, 4.69) is 185 Å². The Balaban J connectivity index is 1.10. The Kier molecular flexibility index (Phi) is 6.04. The van der Waals surface area contributed by atoms with Gasteiger partial charge in [0.2, 0.25) is 0 Å². The molecule has 3 nitrogen and oxygen atoms in total. The first kappa shape index (κ1) is 30.2. The average molecular weight is 731 g/mol. The van der Waals surface area contributed by atoms with Gasteiger partial charge in [0.05, 0.1) is 27.8 Å². The van der Waals surface area contributed by atoms with E-state index in [1.54, 1.807) is 0 Å². The predicted molar refractivity (Wildman–Crippen MR) is 238 cm³/mol. The molecule has 0 unspecified atom stereocenters. The van der Waals surface area contributed by atoms with Crippen LogP contribution in [0, 0.1) is 0 Å². The highest BCUT2D eigenvalue weighted by molar-refractivity contribution is 7.26. The van der Waals surface area contributed by atoms with E-state index in [9.17, 15) is 0 Å². The number of furan rings is 1. The van der Waals surface area contributed by atoms with Crippen LogP contribution < -0.4 is 0 Å². The zero-order valence-corrected chi connectivity index (χ0v) is 30.8. The summed E-state index contributed by atoms with van der Waals surface area (Å²) in [6, 6.07) is 66.4. The molecule has 0 N–H and O–H groups in total. The first-order valence-electron chi connectivity index (χ1n) is 19.1. The minimum atomic E-state index is 0.920. The number of para-hydroxylation sites is 4. The van der Waals surface area contributed by atoms with Crippen LogP contribution in [0.3, 0.4) is 0 Å². The molecular formula is C52H30N2OS. The summed E-state index contributed by atoms with van der Waals surface area (Å²) < 4.78 is 14.0. The molecule has 13 aromatic rings. The van der Waals surface area contributed by atoms with Crippen LogP contribution in [0.4, 0.5) is 0 Å². The van der Waals surface area contributed by atoms with Crippen molar-refractivity contribution in [3.63, 3.8) is 0 Å². The molecule has 9 aromatic carbocycles. The van der Waals surface area contributed by atoms with Gasteiger partial charge in [-0.3, -0.25) is 0 Å². The van der Waals surface area contributed by atoms with E-state index < -0.39 is 0 Å². The lowest BCUT2D eigenvalue weighted by atomic mass is 10.00. The summed E-state index contributed by atoms with van der Waals surface area (Å²) in [6.45, 7) is 0. The summed E-state index contributed by atoms with van der Waals surface area (Å²) in [6.07, 6.45) is 0. The number of nitrogens with zero attached hydrogens (tertiary/aromatic N) is 2. The van der Waals surface area contributed by atoms with Crippen LogP contribution in [0.1, 0.15) is 0 Å². The molecule has 0 spiro atoms. The van der Waals surface area contributed by atoms with E-state index in [-0.39, 0.29) is 0 Å². The molecule has 56 heavy (non-hydrogen) atoms. The lowest BCUT2D eigenvalue weighted by Gasteiger charge is -2.12. The number of fused-ring (bicyclic) bond motifs is 14. The van der Waals surface area contributed by atoms with E-state index in [4.69, 9.17) is 4.42 Å². The minimum Gasteiger partial charge on any atom is -0.455 e. The molecule has 0 saturated carbocycles. The smallest absolute Gasteiger partial charge is 0.143 e. The van der Waals surface area contributed by atoms with Gasteiger partial charge in [-0.25, -0.2) is 0 Å². The molecule has 4 aromatic heterocycles. The van der Waals surface area contributed by atoms with Crippen LogP contribution in [-0.4, -0.2) is 9.13 Å². The van der Waals surface area contributed by atoms with Crippen LogP contribution >= 0.6 is 11.3 Å². The Morgan fingerprint density at radius 3 is 1.98 bits per heavy atom. The first-order chi connectivity index (χ1) is 27.8. The predicted octanol–water partition coefficient (Wildman–Crippen LogP) is 15.0. The fourth-order valence-electron chi connectivity index (χ4n) is 9.54. The molecule has 0 atom stereocenters. The fraction of sp³-hybridized carbons (Fsp3) is 0. The van der Waals surface area contributed by atoms with Crippen molar-refractivity contribution in [1.82, 2.24) is 9.13 Å². The molecule has 13 rings (SSSR count). The van der Waals surface area contributed by atoms with E-state index in [1.807, 2.05) is 17.4 Å². The fourth-order valence-corrected chi connectivity index (χ4v) is 10.7. The van der Waals surface area contributed by atoms with E-state index in [1.165, 1.54) is 85.8 Å². The molecule has 0 saturated heterocycles. The average Bonchev–Trinajstić information content (AvgIpc) is 4.01. The number of hydrogen-bond donors (Lipinski definition) is 0. The highest BCUT2D eigenvalue weighted by Gasteiger charge is 2.22. The van der Waals surface area contributed by atoms with Crippen molar-refractivity contribution in [2.75, 3.05) is 0 Å². The van der Waals surface area contributed by atoms with Crippen LogP contribution in [0.5, 0.6) is 0 Å². The van der Waals surface area contributed by atoms with Crippen LogP contribution in [0.25, 0.3) is 119 Å². The Labute approximate surface area is 324 Å². The third-order valence-electron chi connectivity index (χ3n) is 11.9. The second-order valence-electron chi connectivity index (χ2n) is 14.8. The summed E-state index contributed by atoms with van der Waals surface area (Å²) in [4.78, 5) is 0. The zero-order valence-electron chi connectivity index (χ0n) is 30.0. The standard InChI is InChI=1S/C52H30N2OS/c1-2-14-33-31(12-1)13-9-24-43(33)54-45-23-7-4-17-41(45)49-46(54)28-27-36-34-15-3-6-22-44(34)53(50(36)49)32-26-29-48-42(30-32)40-21-11-20-39(52(40)56-48)38-19-10-18-37-35-16-5-8-25-47(35)55-51(37)38/h1-30H. The van der Waals surface area contributed by atoms with E-state index in [0.29, 0.717) is 0 Å². The third-order valence-corrected chi connectivity index (χ3v) is 13.1. The van der Waals surface area contributed by atoms with Crippen molar-refractivity contribution >= 4 is 108 Å². The van der Waals surface area contributed by atoms with Crippen molar-refractivity contribution in [1.29, 1.82) is 0 Å². The Morgan fingerprint density at radius 1 is 0.411 bits per heavy atom. The zero-order chi connectivity index (χ0) is 36.5. The Morgan fingerprint density at radius 2 is 1.09 bits per heavy atom. The number of thiophene rings is 1. The monoisotopic (exact) mass is 730 g/mol. The minimum absolute atomic E-state index is 0.920. The number of rotatable bonds is 3. The van der Waals surface area contributed by atoms with Gasteiger partial charge in [-0.1, -0.05) is 133 Å². The molecule has 0 fully saturated rings. The van der Waals surface area contributed by atoms with Crippen molar-refractivity contribution in [3.05, 3.63) is 182 Å². The van der Waals surface area contributed by atoms with Crippen molar-refractivity contribution in [3.8, 4) is 22.5 Å². The molecule has 0 amide bonds. The summed E-state index contributed by atoms with van der Waals surface area (Å²) in [5.74, 6) is 0. The quantitative estimate of drug-likeness (QED) is 0.177. The van der Waals surface area contributed by atoms with E-state index >= 15 is 0 Å². The van der Waals surface area contributed by atoms with Gasteiger partial charge in [0, 0.05) is 74.7 Å². The number of benzene rings is 9. The van der Waals surface area contributed by atoms with Gasteiger partial charge in [0.25, 0.3) is 0 Å². The number of aromatic nitrogens is 2. The van der Waals surface area contributed by atoms with Crippen LogP contribution in [-0.2, 0) is 0 Å². The highest BCUT2D eigenvalue weighted by atomic mass is 32.1. The second-order valence-corrected chi connectivity index (χ2v) is 15.9. The van der Waals surface area contributed by atoms with Gasteiger partial charge in [-0.05, 0) is 53.9 Å². The molecule has 0 aliphatic heterocycles. The highest BCUT2D eigenvalue weighted by Crippen LogP contribution is 2.46. The lowest BCUT2D eigenvalue weighted by molar-refractivity contribution is 0.670. The molecule has 0 bridgehead atoms. The second kappa shape index (κ2) is 11.2. The van der Waals surface area contributed by atoms with E-state index in [0.717, 1.165) is 33.2 Å². The summed E-state index contributed by atoms with van der Waals surface area (Å²) >= 11 is 1.86. The topological polar surface area (TPSA) is 23.0 Å². The Hall–Kier alpha value is -7.14. The summed E-state index contributed by atoms with van der Waals surface area (Å²) in [7, 11) is 0. The molecule has 4 heteroatoms. The SMILES string of the molecule is c1ccc2c(-n3c4ccccc4c4c3ccc3c5ccccc5n(-c5ccc6sc7c(-c8cccc9c8oc8ccccc89)cccc7c6c5)c34)cccc2c1. The van der Waals surface area contributed by atoms with Gasteiger partial charge in [-0.2, -0.15) is 0 Å². The molecule has 0 aliphatic rings. The van der Waals surface area contributed by atoms with Gasteiger partial charge in [0.15, 0.2) is 0 Å². The first-order valence-corrected chi connectivity index (χ1v) is 19.9. The summed E-state index contributed by atoms with van der Waals surface area (Å²) in [5.41, 5.74) is 11.4. The molecule has 0 aliphatic carbocycles. The maximum atomic E-state index is 6.53. The molecule has 0 radical (unpaired) electrons. The van der Waals surface area contributed by atoms with Gasteiger partial charge in [0.1, 0.15) is 11.2 Å². The third kappa shape index (κ3) is 4.01. The van der Waals surface area contributed by atoms with Crippen molar-refractivity contribution < 1.29 is 4.42 Å². The van der Waals surface area contributed by atoms with Gasteiger partial charge < -0.3 is 13.6 Å². The van der Waals surface area contributed by atoms with Gasteiger partial charge >= 0.3 is 0 Å². The van der Waals surface area contributed by atoms with Crippen LogP contribution in [0.15, 0.2) is 186 Å². The van der Waals surface area contributed by atoms with Crippen molar-refractivity contribution in [2.24, 2.45) is 0 Å².